The van der Waals surface area contributed by atoms with Crippen molar-refractivity contribution in [2.24, 2.45) is 0 Å². The molecule has 0 fully saturated rings. The third-order valence-corrected chi connectivity index (χ3v) is 2.68. The zero-order valence-electron chi connectivity index (χ0n) is 9.96. The molecule has 6 heteroatoms. The molecule has 19 heavy (non-hydrogen) atoms. The van der Waals surface area contributed by atoms with E-state index in [0.717, 1.165) is 17.1 Å². The summed E-state index contributed by atoms with van der Waals surface area (Å²) in [6.07, 6.45) is 2.97. The van der Waals surface area contributed by atoms with Crippen LogP contribution in [0.15, 0.2) is 30.6 Å². The first-order chi connectivity index (χ1) is 9.35. The Bertz CT molecular complexity index is 634. The van der Waals surface area contributed by atoms with Gasteiger partial charge in [-0.1, -0.05) is 6.07 Å². The molecule has 1 aromatic heterocycles. The van der Waals surface area contributed by atoms with Gasteiger partial charge in [0, 0.05) is 6.54 Å². The van der Waals surface area contributed by atoms with Gasteiger partial charge in [-0.15, -0.1) is 0 Å². The summed E-state index contributed by atoms with van der Waals surface area (Å²) in [6.45, 7) is 0.866. The van der Waals surface area contributed by atoms with Crippen LogP contribution in [0.3, 0.4) is 0 Å². The minimum atomic E-state index is 0.271. The van der Waals surface area contributed by atoms with Gasteiger partial charge in [0.1, 0.15) is 11.9 Å². The van der Waals surface area contributed by atoms with E-state index in [1.54, 1.807) is 0 Å². The molecule has 2 aromatic rings. The van der Waals surface area contributed by atoms with Gasteiger partial charge in [0.05, 0.1) is 12.4 Å². The van der Waals surface area contributed by atoms with Gasteiger partial charge in [-0.25, -0.2) is 9.97 Å². The van der Waals surface area contributed by atoms with Crippen LogP contribution in [0.1, 0.15) is 11.3 Å². The number of aromatic nitrogens is 2. The van der Waals surface area contributed by atoms with Crippen LogP contribution in [0, 0.1) is 11.3 Å². The van der Waals surface area contributed by atoms with Crippen molar-refractivity contribution in [2.45, 2.75) is 6.54 Å². The average molecular weight is 254 g/mol. The van der Waals surface area contributed by atoms with Gasteiger partial charge < -0.3 is 14.8 Å². The van der Waals surface area contributed by atoms with Gasteiger partial charge >= 0.3 is 0 Å². The summed E-state index contributed by atoms with van der Waals surface area (Å²) < 4.78 is 10.6. The van der Waals surface area contributed by atoms with Crippen molar-refractivity contribution in [3.05, 3.63) is 41.9 Å². The van der Waals surface area contributed by atoms with Crippen LogP contribution in [0.25, 0.3) is 0 Å². The third kappa shape index (κ3) is 2.40. The number of hydrogen-bond acceptors (Lipinski definition) is 6. The number of ether oxygens (including phenoxy) is 2. The van der Waals surface area contributed by atoms with Crippen LogP contribution in [0.2, 0.25) is 0 Å². The largest absolute Gasteiger partial charge is 0.454 e. The summed E-state index contributed by atoms with van der Waals surface area (Å²) in [5, 5.41) is 11.8. The maximum Gasteiger partial charge on any atom is 0.231 e. The van der Waals surface area contributed by atoms with Crippen LogP contribution >= 0.6 is 0 Å². The molecule has 0 radical (unpaired) electrons. The van der Waals surface area contributed by atoms with Gasteiger partial charge in [-0.2, -0.15) is 5.26 Å². The van der Waals surface area contributed by atoms with Crippen molar-refractivity contribution in [1.82, 2.24) is 9.97 Å². The highest BCUT2D eigenvalue weighted by atomic mass is 16.7. The highest BCUT2D eigenvalue weighted by Gasteiger charge is 2.12. The van der Waals surface area contributed by atoms with Gasteiger partial charge in [0.25, 0.3) is 0 Å². The molecule has 1 aliphatic rings. The molecule has 1 N–H and O–H groups in total. The van der Waals surface area contributed by atoms with E-state index in [0.29, 0.717) is 18.1 Å². The molecule has 94 valence electrons. The molecule has 0 saturated carbocycles. The molecule has 0 unspecified atom stereocenters. The molecular formula is C13H10N4O2. The zero-order valence-corrected chi connectivity index (χ0v) is 9.96. The predicted octanol–water partition coefficient (Wildman–Crippen LogP) is 1.69. The first kappa shape index (κ1) is 11.3. The van der Waals surface area contributed by atoms with Crippen LogP contribution in [-0.4, -0.2) is 16.8 Å². The molecule has 0 bridgehead atoms. The molecule has 0 aliphatic carbocycles. The monoisotopic (exact) mass is 254 g/mol. The summed E-state index contributed by atoms with van der Waals surface area (Å²) in [7, 11) is 0. The van der Waals surface area contributed by atoms with Gasteiger partial charge in [0.15, 0.2) is 17.2 Å². The Morgan fingerprint density at radius 1 is 1.21 bits per heavy atom. The Balaban J connectivity index is 1.67. The fourth-order valence-electron chi connectivity index (χ4n) is 1.72. The number of nitriles is 1. The molecule has 2 heterocycles. The zero-order chi connectivity index (χ0) is 13.1. The van der Waals surface area contributed by atoms with E-state index in [-0.39, 0.29) is 6.79 Å². The lowest BCUT2D eigenvalue weighted by atomic mass is 10.2. The van der Waals surface area contributed by atoms with E-state index in [1.165, 1.54) is 12.4 Å². The van der Waals surface area contributed by atoms with Crippen LogP contribution in [-0.2, 0) is 6.54 Å². The topological polar surface area (TPSA) is 80.1 Å². The summed E-state index contributed by atoms with van der Waals surface area (Å²) >= 11 is 0. The number of anilines is 1. The van der Waals surface area contributed by atoms with E-state index in [9.17, 15) is 0 Å². The lowest BCUT2D eigenvalue weighted by Gasteiger charge is -2.06. The SMILES string of the molecule is N#Cc1cnc(NCc2ccc3c(c2)OCO3)cn1. The Kier molecular flexibility index (Phi) is 2.86. The number of hydrogen-bond donors (Lipinski definition) is 1. The second kappa shape index (κ2) is 4.82. The Morgan fingerprint density at radius 2 is 2.11 bits per heavy atom. The van der Waals surface area contributed by atoms with Gasteiger partial charge in [0.2, 0.25) is 6.79 Å². The molecule has 1 aliphatic heterocycles. The van der Waals surface area contributed by atoms with Crippen molar-refractivity contribution in [3.63, 3.8) is 0 Å². The highest BCUT2D eigenvalue weighted by Crippen LogP contribution is 2.32. The second-order valence-corrected chi connectivity index (χ2v) is 3.94. The highest BCUT2D eigenvalue weighted by molar-refractivity contribution is 5.45. The predicted molar refractivity (Wildman–Crippen MR) is 66.6 cm³/mol. The smallest absolute Gasteiger partial charge is 0.231 e. The summed E-state index contributed by atoms with van der Waals surface area (Å²) in [4.78, 5) is 8.02. The summed E-state index contributed by atoms with van der Waals surface area (Å²) in [5.41, 5.74) is 1.35. The van der Waals surface area contributed by atoms with Crippen molar-refractivity contribution in [1.29, 1.82) is 5.26 Å². The molecule has 0 spiro atoms. The standard InChI is InChI=1S/C13H10N4O2/c14-4-10-6-17-13(7-15-10)16-5-9-1-2-11-12(3-9)19-8-18-11/h1-3,6-7H,5,8H2,(H,16,17). The number of benzene rings is 1. The summed E-state index contributed by atoms with van der Waals surface area (Å²) in [6, 6.07) is 7.68. The van der Waals surface area contributed by atoms with E-state index >= 15 is 0 Å². The lowest BCUT2D eigenvalue weighted by molar-refractivity contribution is 0.174. The minimum Gasteiger partial charge on any atom is -0.454 e. The first-order valence-electron chi connectivity index (χ1n) is 5.70. The Labute approximate surface area is 109 Å². The summed E-state index contributed by atoms with van der Waals surface area (Å²) in [5.74, 6) is 2.14. The molecule has 0 amide bonds. The molecular weight excluding hydrogens is 244 g/mol. The minimum absolute atomic E-state index is 0.271. The third-order valence-electron chi connectivity index (χ3n) is 2.68. The first-order valence-corrected chi connectivity index (χ1v) is 5.70. The molecule has 1 aromatic carbocycles. The number of fused-ring (bicyclic) bond motifs is 1. The van der Waals surface area contributed by atoms with Crippen LogP contribution in [0.4, 0.5) is 5.82 Å². The molecule has 6 nitrogen and oxygen atoms in total. The van der Waals surface area contributed by atoms with E-state index < -0.39 is 0 Å². The van der Waals surface area contributed by atoms with E-state index in [2.05, 4.69) is 15.3 Å². The fraction of sp³-hybridized carbons (Fsp3) is 0.154. The van der Waals surface area contributed by atoms with Crippen LogP contribution < -0.4 is 14.8 Å². The van der Waals surface area contributed by atoms with Crippen molar-refractivity contribution >= 4 is 5.82 Å². The molecule has 0 saturated heterocycles. The number of rotatable bonds is 3. The maximum absolute atomic E-state index is 8.63. The normalized spacial score (nSPS) is 11.9. The Hall–Kier alpha value is -2.81. The Morgan fingerprint density at radius 3 is 2.89 bits per heavy atom. The molecule has 3 rings (SSSR count). The van der Waals surface area contributed by atoms with Crippen molar-refractivity contribution in [2.75, 3.05) is 12.1 Å². The maximum atomic E-state index is 8.63. The van der Waals surface area contributed by atoms with Crippen molar-refractivity contribution in [3.8, 4) is 17.6 Å². The molecule has 0 atom stereocenters. The van der Waals surface area contributed by atoms with E-state index in [4.69, 9.17) is 14.7 Å². The van der Waals surface area contributed by atoms with Gasteiger partial charge in [-0.3, -0.25) is 0 Å². The second-order valence-electron chi connectivity index (χ2n) is 3.94. The number of nitrogens with zero attached hydrogens (tertiary/aromatic N) is 3. The lowest BCUT2D eigenvalue weighted by Crippen LogP contribution is -2.02. The quantitative estimate of drug-likeness (QED) is 0.897. The number of nitrogens with one attached hydrogen (secondary N) is 1. The van der Waals surface area contributed by atoms with Gasteiger partial charge in [-0.05, 0) is 17.7 Å². The van der Waals surface area contributed by atoms with Crippen LogP contribution in [0.5, 0.6) is 11.5 Å². The average Bonchev–Trinajstić information content (AvgIpc) is 2.93. The van der Waals surface area contributed by atoms with E-state index in [1.807, 2.05) is 24.3 Å². The fourth-order valence-corrected chi connectivity index (χ4v) is 1.72. The van der Waals surface area contributed by atoms with Crippen molar-refractivity contribution < 1.29 is 9.47 Å².